The third-order valence-corrected chi connectivity index (χ3v) is 5.11. The molecule has 0 unspecified atom stereocenters. The highest BCUT2D eigenvalue weighted by atomic mass is 32.2. The van der Waals surface area contributed by atoms with Gasteiger partial charge in [0.1, 0.15) is 12.2 Å². The van der Waals surface area contributed by atoms with Gasteiger partial charge >= 0.3 is 0 Å². The number of amides is 1. The van der Waals surface area contributed by atoms with Crippen molar-refractivity contribution in [3.63, 3.8) is 0 Å². The molecule has 1 fully saturated rings. The first-order valence-corrected chi connectivity index (χ1v) is 8.91. The molecular weight excluding hydrogens is 308 g/mol. The lowest BCUT2D eigenvalue weighted by Gasteiger charge is -2.26. The molecule has 0 atom stereocenters. The van der Waals surface area contributed by atoms with Crippen LogP contribution in [0, 0.1) is 0 Å². The van der Waals surface area contributed by atoms with Crippen LogP contribution in [0.5, 0.6) is 0 Å². The van der Waals surface area contributed by atoms with Gasteiger partial charge in [-0.05, 0) is 30.3 Å². The number of aromatic amines is 1. The van der Waals surface area contributed by atoms with Crippen LogP contribution in [0.3, 0.4) is 0 Å². The van der Waals surface area contributed by atoms with Crippen molar-refractivity contribution in [3.05, 3.63) is 42.7 Å². The van der Waals surface area contributed by atoms with Crippen LogP contribution < -0.4 is 0 Å². The van der Waals surface area contributed by atoms with Crippen molar-refractivity contribution >= 4 is 28.7 Å². The standard InChI is InChI=1S/C17H18N4OS/c22-16(20-7-9-23-10-8-20)12-21-6-2-4-15(21)14-11-13-3-1-5-18-17(13)19-14/h1-6,11H,7-10,12H2,(H,18,19). The maximum Gasteiger partial charge on any atom is 0.242 e. The summed E-state index contributed by atoms with van der Waals surface area (Å²) >= 11 is 1.91. The molecule has 3 aromatic rings. The van der Waals surface area contributed by atoms with Crippen LogP contribution in [0.15, 0.2) is 42.7 Å². The van der Waals surface area contributed by atoms with Crippen molar-refractivity contribution in [2.75, 3.05) is 24.6 Å². The second kappa shape index (κ2) is 6.12. The number of nitrogens with zero attached hydrogens (tertiary/aromatic N) is 3. The van der Waals surface area contributed by atoms with Gasteiger partial charge in [-0.1, -0.05) is 0 Å². The van der Waals surface area contributed by atoms with Gasteiger partial charge in [0.2, 0.25) is 5.91 Å². The second-order valence-corrected chi connectivity index (χ2v) is 6.86. The Labute approximate surface area is 138 Å². The summed E-state index contributed by atoms with van der Waals surface area (Å²) in [4.78, 5) is 22.1. The molecule has 1 saturated heterocycles. The van der Waals surface area contributed by atoms with Crippen LogP contribution in [0.1, 0.15) is 0 Å². The summed E-state index contributed by atoms with van der Waals surface area (Å²) in [5.74, 6) is 2.27. The molecule has 0 spiro atoms. The molecule has 0 bridgehead atoms. The van der Waals surface area contributed by atoms with E-state index in [1.165, 1.54) is 0 Å². The first-order valence-electron chi connectivity index (χ1n) is 7.76. The van der Waals surface area contributed by atoms with Gasteiger partial charge in [0.15, 0.2) is 0 Å². The van der Waals surface area contributed by atoms with E-state index in [-0.39, 0.29) is 5.91 Å². The van der Waals surface area contributed by atoms with Crippen molar-refractivity contribution in [2.24, 2.45) is 0 Å². The molecule has 4 rings (SSSR count). The SMILES string of the molecule is O=C(Cn1cccc1-c1cc2cccnc2[nH]1)N1CCSCC1. The lowest BCUT2D eigenvalue weighted by atomic mass is 10.2. The zero-order valence-corrected chi connectivity index (χ0v) is 13.6. The van der Waals surface area contributed by atoms with E-state index in [1.807, 2.05) is 51.7 Å². The lowest BCUT2D eigenvalue weighted by molar-refractivity contribution is -0.131. The fraction of sp³-hybridized carbons (Fsp3) is 0.294. The molecule has 1 N–H and O–H groups in total. The quantitative estimate of drug-likeness (QED) is 0.805. The average molecular weight is 326 g/mol. The molecule has 118 valence electrons. The fourth-order valence-electron chi connectivity index (χ4n) is 2.95. The van der Waals surface area contributed by atoms with Crippen LogP contribution in [-0.2, 0) is 11.3 Å². The normalized spacial score (nSPS) is 15.2. The number of fused-ring (bicyclic) bond motifs is 1. The van der Waals surface area contributed by atoms with Gasteiger partial charge in [-0.3, -0.25) is 4.79 Å². The number of pyridine rings is 1. The van der Waals surface area contributed by atoms with Gasteiger partial charge in [-0.25, -0.2) is 4.98 Å². The number of carbonyl (C=O) groups is 1. The number of hydrogen-bond donors (Lipinski definition) is 1. The number of thioether (sulfide) groups is 1. The molecule has 23 heavy (non-hydrogen) atoms. The molecule has 6 heteroatoms. The molecule has 0 aromatic carbocycles. The molecule has 1 aliphatic rings. The van der Waals surface area contributed by atoms with E-state index in [0.29, 0.717) is 6.54 Å². The van der Waals surface area contributed by atoms with E-state index in [9.17, 15) is 4.79 Å². The molecule has 3 aromatic heterocycles. The van der Waals surface area contributed by atoms with E-state index >= 15 is 0 Å². The number of rotatable bonds is 3. The minimum absolute atomic E-state index is 0.192. The monoisotopic (exact) mass is 326 g/mol. The van der Waals surface area contributed by atoms with Gasteiger partial charge in [0, 0.05) is 42.4 Å². The minimum atomic E-state index is 0.192. The number of nitrogens with one attached hydrogen (secondary N) is 1. The van der Waals surface area contributed by atoms with E-state index in [2.05, 4.69) is 16.0 Å². The summed E-state index contributed by atoms with van der Waals surface area (Å²) < 4.78 is 2.01. The molecule has 0 aliphatic carbocycles. The van der Waals surface area contributed by atoms with Gasteiger partial charge in [-0.15, -0.1) is 0 Å². The molecule has 0 radical (unpaired) electrons. The van der Waals surface area contributed by atoms with Gasteiger partial charge in [-0.2, -0.15) is 11.8 Å². The lowest BCUT2D eigenvalue weighted by Crippen LogP contribution is -2.39. The molecular formula is C17H18N4OS. The molecule has 0 saturated carbocycles. The van der Waals surface area contributed by atoms with Crippen LogP contribution in [-0.4, -0.2) is 49.9 Å². The minimum Gasteiger partial charge on any atom is -0.339 e. The van der Waals surface area contributed by atoms with E-state index in [1.54, 1.807) is 6.20 Å². The van der Waals surface area contributed by atoms with Crippen molar-refractivity contribution in [3.8, 4) is 11.4 Å². The first-order chi connectivity index (χ1) is 11.3. The molecule has 1 amide bonds. The Morgan fingerprint density at radius 2 is 2.13 bits per heavy atom. The van der Waals surface area contributed by atoms with Crippen LogP contribution in [0.25, 0.3) is 22.4 Å². The van der Waals surface area contributed by atoms with Crippen molar-refractivity contribution in [2.45, 2.75) is 6.54 Å². The van der Waals surface area contributed by atoms with Crippen molar-refractivity contribution < 1.29 is 4.79 Å². The van der Waals surface area contributed by atoms with Crippen LogP contribution in [0.4, 0.5) is 0 Å². The number of aromatic nitrogens is 3. The Morgan fingerprint density at radius 1 is 1.26 bits per heavy atom. The van der Waals surface area contributed by atoms with Crippen LogP contribution in [0.2, 0.25) is 0 Å². The number of hydrogen-bond acceptors (Lipinski definition) is 3. The summed E-state index contributed by atoms with van der Waals surface area (Å²) in [6.45, 7) is 2.10. The Hall–Kier alpha value is -2.21. The second-order valence-electron chi connectivity index (χ2n) is 5.64. The summed E-state index contributed by atoms with van der Waals surface area (Å²) in [5.41, 5.74) is 2.88. The van der Waals surface area contributed by atoms with E-state index < -0.39 is 0 Å². The Kier molecular flexibility index (Phi) is 3.83. The van der Waals surface area contributed by atoms with Crippen molar-refractivity contribution in [1.29, 1.82) is 0 Å². The fourth-order valence-corrected chi connectivity index (χ4v) is 3.85. The smallest absolute Gasteiger partial charge is 0.242 e. The Morgan fingerprint density at radius 3 is 2.96 bits per heavy atom. The highest BCUT2D eigenvalue weighted by Crippen LogP contribution is 2.23. The Bertz CT molecular complexity index is 799. The molecule has 5 nitrogen and oxygen atoms in total. The van der Waals surface area contributed by atoms with Crippen molar-refractivity contribution in [1.82, 2.24) is 19.4 Å². The third-order valence-electron chi connectivity index (χ3n) is 4.17. The molecule has 1 aliphatic heterocycles. The van der Waals surface area contributed by atoms with Gasteiger partial charge in [0.25, 0.3) is 0 Å². The average Bonchev–Trinajstić information content (AvgIpc) is 3.21. The summed E-state index contributed by atoms with van der Waals surface area (Å²) in [7, 11) is 0. The van der Waals surface area contributed by atoms with E-state index in [0.717, 1.165) is 47.0 Å². The topological polar surface area (TPSA) is 53.9 Å². The number of carbonyl (C=O) groups excluding carboxylic acids is 1. The predicted octanol–water partition coefficient (Wildman–Crippen LogP) is 2.61. The van der Waals surface area contributed by atoms with Gasteiger partial charge in [0.05, 0.1) is 11.4 Å². The zero-order chi connectivity index (χ0) is 15.6. The Balaban J connectivity index is 1.59. The van der Waals surface area contributed by atoms with E-state index in [4.69, 9.17) is 0 Å². The highest BCUT2D eigenvalue weighted by Gasteiger charge is 2.18. The zero-order valence-electron chi connectivity index (χ0n) is 12.7. The molecule has 4 heterocycles. The predicted molar refractivity (Wildman–Crippen MR) is 93.4 cm³/mol. The largest absolute Gasteiger partial charge is 0.339 e. The summed E-state index contributed by atoms with van der Waals surface area (Å²) in [6, 6.07) is 10.1. The van der Waals surface area contributed by atoms with Gasteiger partial charge < -0.3 is 14.5 Å². The summed E-state index contributed by atoms with van der Waals surface area (Å²) in [6.07, 6.45) is 3.74. The van der Waals surface area contributed by atoms with Crippen LogP contribution >= 0.6 is 11.8 Å². The number of H-pyrrole nitrogens is 1. The summed E-state index contributed by atoms with van der Waals surface area (Å²) in [5, 5.41) is 1.08. The first kappa shape index (κ1) is 14.4. The third kappa shape index (κ3) is 2.86. The maximum absolute atomic E-state index is 12.5. The highest BCUT2D eigenvalue weighted by molar-refractivity contribution is 7.99. The maximum atomic E-state index is 12.5.